The zero-order valence-corrected chi connectivity index (χ0v) is 19.5. The van der Waals surface area contributed by atoms with Gasteiger partial charge in [0.2, 0.25) is 0 Å². The molecule has 0 bridgehead atoms. The Balaban J connectivity index is 1.73. The first kappa shape index (κ1) is 22.1. The van der Waals surface area contributed by atoms with Crippen molar-refractivity contribution in [2.45, 2.75) is 47.0 Å². The van der Waals surface area contributed by atoms with Crippen LogP contribution >= 0.6 is 0 Å². The van der Waals surface area contributed by atoms with E-state index in [0.717, 1.165) is 54.8 Å². The Morgan fingerprint density at radius 1 is 0.875 bits per heavy atom. The van der Waals surface area contributed by atoms with E-state index in [0.29, 0.717) is 29.5 Å². The summed E-state index contributed by atoms with van der Waals surface area (Å²) in [5.41, 5.74) is 4.60. The van der Waals surface area contributed by atoms with Crippen LogP contribution in [0.3, 0.4) is 0 Å². The number of amides is 2. The number of rotatable bonds is 6. The van der Waals surface area contributed by atoms with Crippen molar-refractivity contribution in [3.8, 4) is 5.75 Å². The minimum atomic E-state index is -0.255. The van der Waals surface area contributed by atoms with Gasteiger partial charge in [-0.1, -0.05) is 32.0 Å². The number of anilines is 1. The molecule has 1 saturated heterocycles. The van der Waals surface area contributed by atoms with Gasteiger partial charge < -0.3 is 9.64 Å². The monoisotopic (exact) mass is 432 g/mol. The second kappa shape index (κ2) is 9.19. The minimum Gasteiger partial charge on any atom is -0.493 e. The molecule has 0 aromatic heterocycles. The van der Waals surface area contributed by atoms with E-state index in [9.17, 15) is 9.59 Å². The van der Waals surface area contributed by atoms with Crippen LogP contribution in [0.25, 0.3) is 5.57 Å². The molecule has 0 radical (unpaired) electrons. The molecule has 0 N–H and O–H groups in total. The van der Waals surface area contributed by atoms with Crippen LogP contribution < -0.4 is 9.64 Å². The molecule has 2 heterocycles. The minimum absolute atomic E-state index is 0.227. The predicted octanol–water partition coefficient (Wildman–Crippen LogP) is 5.11. The van der Waals surface area contributed by atoms with Crippen molar-refractivity contribution in [3.63, 3.8) is 0 Å². The second-order valence-corrected chi connectivity index (χ2v) is 9.21. The second-order valence-electron chi connectivity index (χ2n) is 9.21. The van der Waals surface area contributed by atoms with E-state index in [1.54, 1.807) is 0 Å². The number of benzene rings is 2. The van der Waals surface area contributed by atoms with Crippen LogP contribution in [0, 0.1) is 19.8 Å². The van der Waals surface area contributed by atoms with Crippen molar-refractivity contribution in [1.82, 2.24) is 4.90 Å². The van der Waals surface area contributed by atoms with Gasteiger partial charge in [-0.25, -0.2) is 4.90 Å². The largest absolute Gasteiger partial charge is 0.493 e. The maximum Gasteiger partial charge on any atom is 0.282 e. The first-order chi connectivity index (χ1) is 15.4. The Morgan fingerprint density at radius 3 is 2.19 bits per heavy atom. The van der Waals surface area contributed by atoms with E-state index < -0.39 is 0 Å². The molecule has 4 rings (SSSR count). The first-order valence-electron chi connectivity index (χ1n) is 11.6. The molecular formula is C27H32N2O3. The van der Waals surface area contributed by atoms with Gasteiger partial charge in [0.1, 0.15) is 11.4 Å². The topological polar surface area (TPSA) is 49.9 Å². The van der Waals surface area contributed by atoms with Crippen molar-refractivity contribution >= 4 is 23.1 Å². The van der Waals surface area contributed by atoms with Crippen molar-refractivity contribution in [2.75, 3.05) is 24.6 Å². The molecule has 5 nitrogen and oxygen atoms in total. The highest BCUT2D eigenvalue weighted by Crippen LogP contribution is 2.36. The number of hydrogen-bond acceptors (Lipinski definition) is 4. The quantitative estimate of drug-likeness (QED) is 0.596. The molecule has 168 valence electrons. The van der Waals surface area contributed by atoms with Gasteiger partial charge in [0.05, 0.1) is 17.9 Å². The molecule has 0 atom stereocenters. The fourth-order valence-corrected chi connectivity index (χ4v) is 4.27. The SMILES string of the molecule is Cc1ccc(N2C(=O)C(c3ccc(OCC(C)C)cc3)=C(N3CCCCC3)C2=O)cc1C. The predicted molar refractivity (Wildman–Crippen MR) is 128 cm³/mol. The van der Waals surface area contributed by atoms with Crippen LogP contribution in [0.4, 0.5) is 5.69 Å². The lowest BCUT2D eigenvalue weighted by atomic mass is 10.0. The number of imide groups is 1. The number of aryl methyl sites for hydroxylation is 2. The van der Waals surface area contributed by atoms with Crippen LogP contribution in [0.2, 0.25) is 0 Å². The molecule has 1 fully saturated rings. The molecule has 0 aliphatic carbocycles. The van der Waals surface area contributed by atoms with Crippen molar-refractivity contribution in [1.29, 1.82) is 0 Å². The molecule has 2 aromatic rings. The van der Waals surface area contributed by atoms with E-state index in [4.69, 9.17) is 4.74 Å². The number of likely N-dealkylation sites (tertiary alicyclic amines) is 1. The number of piperidine rings is 1. The zero-order valence-electron chi connectivity index (χ0n) is 19.5. The van der Waals surface area contributed by atoms with Gasteiger partial charge in [-0.3, -0.25) is 9.59 Å². The van der Waals surface area contributed by atoms with E-state index in [-0.39, 0.29) is 11.8 Å². The van der Waals surface area contributed by atoms with Crippen LogP contribution in [-0.4, -0.2) is 36.4 Å². The lowest BCUT2D eigenvalue weighted by Crippen LogP contribution is -2.37. The van der Waals surface area contributed by atoms with Crippen molar-refractivity contribution in [3.05, 3.63) is 64.9 Å². The summed E-state index contributed by atoms with van der Waals surface area (Å²) in [6.45, 7) is 10.5. The Kier molecular flexibility index (Phi) is 6.35. The van der Waals surface area contributed by atoms with Gasteiger partial charge in [-0.05, 0) is 80.0 Å². The van der Waals surface area contributed by atoms with E-state index >= 15 is 0 Å². The summed E-state index contributed by atoms with van der Waals surface area (Å²) >= 11 is 0. The van der Waals surface area contributed by atoms with E-state index in [2.05, 4.69) is 18.7 Å². The van der Waals surface area contributed by atoms with E-state index in [1.165, 1.54) is 4.90 Å². The van der Waals surface area contributed by atoms with Crippen molar-refractivity contribution in [2.24, 2.45) is 5.92 Å². The third-order valence-corrected chi connectivity index (χ3v) is 6.21. The molecule has 32 heavy (non-hydrogen) atoms. The Bertz CT molecular complexity index is 1050. The normalized spacial score (nSPS) is 17.0. The number of carbonyl (C=O) groups excluding carboxylic acids is 2. The standard InChI is InChI=1S/C27H32N2O3/c1-18(2)17-32-23-12-9-21(10-13-23)24-25(28-14-6-5-7-15-28)27(31)29(26(24)30)22-11-8-19(3)20(4)16-22/h8-13,16,18H,5-7,14-15,17H2,1-4H3. The highest BCUT2D eigenvalue weighted by molar-refractivity contribution is 6.45. The van der Waals surface area contributed by atoms with Gasteiger partial charge in [0.25, 0.3) is 11.8 Å². The fourth-order valence-electron chi connectivity index (χ4n) is 4.27. The average Bonchev–Trinajstić information content (AvgIpc) is 3.05. The lowest BCUT2D eigenvalue weighted by molar-refractivity contribution is -0.120. The first-order valence-corrected chi connectivity index (χ1v) is 11.6. The number of ether oxygens (including phenoxy) is 1. The number of carbonyl (C=O) groups is 2. The summed E-state index contributed by atoms with van der Waals surface area (Å²) in [5.74, 6) is 0.721. The molecule has 0 saturated carbocycles. The summed E-state index contributed by atoms with van der Waals surface area (Å²) in [6.07, 6.45) is 3.22. The Labute approximate surface area is 190 Å². The van der Waals surface area contributed by atoms with Crippen LogP contribution in [0.15, 0.2) is 48.2 Å². The summed E-state index contributed by atoms with van der Waals surface area (Å²) < 4.78 is 5.80. The third-order valence-electron chi connectivity index (χ3n) is 6.21. The highest BCUT2D eigenvalue weighted by atomic mass is 16.5. The van der Waals surface area contributed by atoms with Crippen LogP contribution in [-0.2, 0) is 9.59 Å². The summed E-state index contributed by atoms with van der Waals surface area (Å²) in [6, 6.07) is 13.3. The molecule has 2 aromatic carbocycles. The Hall–Kier alpha value is -3.08. The molecular weight excluding hydrogens is 400 g/mol. The highest BCUT2D eigenvalue weighted by Gasteiger charge is 2.42. The summed E-state index contributed by atoms with van der Waals surface area (Å²) in [7, 11) is 0. The van der Waals surface area contributed by atoms with Gasteiger partial charge in [0, 0.05) is 13.1 Å². The maximum atomic E-state index is 13.7. The average molecular weight is 433 g/mol. The van der Waals surface area contributed by atoms with Gasteiger partial charge in [0.15, 0.2) is 0 Å². The zero-order chi connectivity index (χ0) is 22.8. The molecule has 2 aliphatic rings. The molecule has 2 aliphatic heterocycles. The van der Waals surface area contributed by atoms with Gasteiger partial charge in [-0.2, -0.15) is 0 Å². The maximum absolute atomic E-state index is 13.7. The van der Waals surface area contributed by atoms with Crippen LogP contribution in [0.5, 0.6) is 5.75 Å². The fraction of sp³-hybridized carbons (Fsp3) is 0.407. The lowest BCUT2D eigenvalue weighted by Gasteiger charge is -2.29. The van der Waals surface area contributed by atoms with Gasteiger partial charge >= 0.3 is 0 Å². The van der Waals surface area contributed by atoms with Gasteiger partial charge in [-0.15, -0.1) is 0 Å². The van der Waals surface area contributed by atoms with E-state index in [1.807, 2.05) is 56.3 Å². The number of hydrogen-bond donors (Lipinski definition) is 0. The van der Waals surface area contributed by atoms with Crippen molar-refractivity contribution < 1.29 is 14.3 Å². The molecule has 2 amide bonds. The smallest absolute Gasteiger partial charge is 0.282 e. The molecule has 0 spiro atoms. The Morgan fingerprint density at radius 2 is 1.56 bits per heavy atom. The molecule has 0 unspecified atom stereocenters. The summed E-state index contributed by atoms with van der Waals surface area (Å²) in [5, 5.41) is 0. The van der Waals surface area contributed by atoms with Crippen LogP contribution in [0.1, 0.15) is 49.8 Å². The number of nitrogens with zero attached hydrogens (tertiary/aromatic N) is 2. The summed E-state index contributed by atoms with van der Waals surface area (Å²) in [4.78, 5) is 30.7. The molecule has 5 heteroatoms. The third kappa shape index (κ3) is 4.29.